The summed E-state index contributed by atoms with van der Waals surface area (Å²) in [4.78, 5) is 15.7. The lowest BCUT2D eigenvalue weighted by molar-refractivity contribution is -0.148. The van der Waals surface area contributed by atoms with E-state index in [0.717, 1.165) is 6.42 Å². The Labute approximate surface area is 71.2 Å². The lowest BCUT2D eigenvalue weighted by atomic mass is 9.89. The van der Waals surface area contributed by atoms with Gasteiger partial charge in [-0.1, -0.05) is 0 Å². The minimum atomic E-state index is -0.752. The highest BCUT2D eigenvalue weighted by Gasteiger charge is 2.42. The van der Waals surface area contributed by atoms with Gasteiger partial charge in [-0.25, -0.2) is 0 Å². The average Bonchev–Trinajstić information content (AvgIpc) is 2.34. The third-order valence-electron chi connectivity index (χ3n) is 2.44. The van der Waals surface area contributed by atoms with Crippen LogP contribution in [0.2, 0.25) is 0 Å². The van der Waals surface area contributed by atoms with E-state index in [2.05, 4.69) is 11.9 Å². The summed E-state index contributed by atoms with van der Waals surface area (Å²) in [6, 6.07) is 0. The van der Waals surface area contributed by atoms with Crippen molar-refractivity contribution in [2.75, 3.05) is 0 Å². The molecule has 0 saturated heterocycles. The molecule has 0 aliphatic heterocycles. The zero-order valence-corrected chi connectivity index (χ0v) is 7.12. The fraction of sp³-hybridized carbons (Fsp3) is 0.750. The lowest BCUT2D eigenvalue weighted by Gasteiger charge is -2.16. The number of carbonyl (C=O) groups is 1. The second kappa shape index (κ2) is 3.13. The summed E-state index contributed by atoms with van der Waals surface area (Å²) in [5.74, 6) is -0.752. The zero-order valence-electron chi connectivity index (χ0n) is 7.12. The normalized spacial score (nSPS) is 34.6. The summed E-state index contributed by atoms with van der Waals surface area (Å²) in [6.07, 6.45) is 1.87. The van der Waals surface area contributed by atoms with Gasteiger partial charge in [-0.2, -0.15) is 0 Å². The molecule has 2 atom stereocenters. The molecule has 1 N–H and O–H groups in total. The summed E-state index contributed by atoms with van der Waals surface area (Å²) in [7, 11) is 0. The third kappa shape index (κ3) is 1.57. The van der Waals surface area contributed by atoms with Crippen molar-refractivity contribution in [1.29, 1.82) is 0 Å². The molecule has 0 aromatic rings. The van der Waals surface area contributed by atoms with Crippen LogP contribution in [0.25, 0.3) is 0 Å². The highest BCUT2D eigenvalue weighted by atomic mass is 16.6. The van der Waals surface area contributed by atoms with Gasteiger partial charge in [-0.05, 0) is 19.8 Å². The van der Waals surface area contributed by atoms with Crippen LogP contribution in [0.1, 0.15) is 26.2 Å². The molecular weight excluding hydrogens is 158 g/mol. The maximum absolute atomic E-state index is 10.8. The van der Waals surface area contributed by atoms with Crippen molar-refractivity contribution in [3.05, 3.63) is 0 Å². The molecule has 4 nitrogen and oxygen atoms in total. The molecule has 0 amide bonds. The Kier molecular flexibility index (Phi) is 2.35. The van der Waals surface area contributed by atoms with E-state index in [1.807, 2.05) is 0 Å². The van der Waals surface area contributed by atoms with Crippen molar-refractivity contribution in [1.82, 2.24) is 0 Å². The van der Waals surface area contributed by atoms with E-state index in [-0.39, 0.29) is 6.10 Å². The van der Waals surface area contributed by atoms with E-state index in [1.165, 1.54) is 0 Å². The summed E-state index contributed by atoms with van der Waals surface area (Å²) in [6.45, 7) is 4.94. The standard InChI is InChI=1S/C8H13NO3/c1-8(7(10)11)4-3-6(5-8)12-9-2/h6H,2-5H2,1H3,(H,10,11)/t6-,8-/m1/s1. The Morgan fingerprint density at radius 3 is 2.92 bits per heavy atom. The maximum atomic E-state index is 10.8. The molecule has 0 heterocycles. The van der Waals surface area contributed by atoms with Gasteiger partial charge in [-0.3, -0.25) is 4.79 Å². The molecule has 68 valence electrons. The van der Waals surface area contributed by atoms with Crippen LogP contribution in [-0.4, -0.2) is 23.9 Å². The predicted octanol–water partition coefficient (Wildman–Crippen LogP) is 1.26. The number of hydrogen-bond donors (Lipinski definition) is 1. The Balaban J connectivity index is 2.54. The van der Waals surface area contributed by atoms with Crippen LogP contribution in [0.5, 0.6) is 0 Å². The Morgan fingerprint density at radius 2 is 2.50 bits per heavy atom. The lowest BCUT2D eigenvalue weighted by Crippen LogP contribution is -2.24. The van der Waals surface area contributed by atoms with Gasteiger partial charge in [0.1, 0.15) is 6.10 Å². The molecule has 1 rings (SSSR count). The number of carboxylic acid groups (broad SMARTS) is 1. The Hall–Kier alpha value is -1.06. The second-order valence-corrected chi connectivity index (χ2v) is 3.47. The highest BCUT2D eigenvalue weighted by molar-refractivity contribution is 5.74. The van der Waals surface area contributed by atoms with E-state index >= 15 is 0 Å². The molecule has 0 aromatic carbocycles. The quantitative estimate of drug-likeness (QED) is 0.513. The molecule has 1 aliphatic rings. The van der Waals surface area contributed by atoms with E-state index in [0.29, 0.717) is 12.8 Å². The molecule has 1 fully saturated rings. The van der Waals surface area contributed by atoms with Crippen molar-refractivity contribution in [3.8, 4) is 0 Å². The van der Waals surface area contributed by atoms with Gasteiger partial charge in [-0.15, -0.1) is 5.16 Å². The first-order valence-electron chi connectivity index (χ1n) is 3.94. The fourth-order valence-electron chi connectivity index (χ4n) is 1.58. The smallest absolute Gasteiger partial charge is 0.309 e. The molecule has 12 heavy (non-hydrogen) atoms. The summed E-state index contributed by atoms with van der Waals surface area (Å²) < 4.78 is 0. The Morgan fingerprint density at radius 1 is 1.83 bits per heavy atom. The number of aliphatic carboxylic acids is 1. The van der Waals surface area contributed by atoms with Gasteiger partial charge in [0.15, 0.2) is 0 Å². The van der Waals surface area contributed by atoms with E-state index < -0.39 is 11.4 Å². The molecule has 0 aromatic heterocycles. The molecule has 0 radical (unpaired) electrons. The van der Waals surface area contributed by atoms with Crippen molar-refractivity contribution in [3.63, 3.8) is 0 Å². The fourth-order valence-corrected chi connectivity index (χ4v) is 1.58. The summed E-state index contributed by atoms with van der Waals surface area (Å²) in [5, 5.41) is 12.2. The number of rotatable bonds is 3. The Bertz CT molecular complexity index is 204. The minimum Gasteiger partial charge on any atom is -0.481 e. The summed E-state index contributed by atoms with van der Waals surface area (Å²) >= 11 is 0. The van der Waals surface area contributed by atoms with Gasteiger partial charge in [0.05, 0.1) is 5.41 Å². The van der Waals surface area contributed by atoms with E-state index in [9.17, 15) is 4.79 Å². The average molecular weight is 171 g/mol. The van der Waals surface area contributed by atoms with Crippen LogP contribution < -0.4 is 0 Å². The van der Waals surface area contributed by atoms with Crippen molar-refractivity contribution in [2.45, 2.75) is 32.3 Å². The molecule has 0 spiro atoms. The first-order chi connectivity index (χ1) is 5.58. The first-order valence-corrected chi connectivity index (χ1v) is 3.94. The van der Waals surface area contributed by atoms with Gasteiger partial charge >= 0.3 is 5.97 Å². The van der Waals surface area contributed by atoms with Gasteiger partial charge < -0.3 is 9.94 Å². The van der Waals surface area contributed by atoms with Crippen LogP contribution >= 0.6 is 0 Å². The minimum absolute atomic E-state index is 0.0661. The number of carboxylic acids is 1. The third-order valence-corrected chi connectivity index (χ3v) is 2.44. The van der Waals surface area contributed by atoms with Crippen LogP contribution in [0, 0.1) is 5.41 Å². The van der Waals surface area contributed by atoms with Crippen molar-refractivity contribution >= 4 is 12.7 Å². The summed E-state index contributed by atoms with van der Waals surface area (Å²) in [5.41, 5.74) is -0.630. The van der Waals surface area contributed by atoms with Crippen LogP contribution in [0.4, 0.5) is 0 Å². The van der Waals surface area contributed by atoms with Gasteiger partial charge in [0, 0.05) is 13.1 Å². The zero-order chi connectivity index (χ0) is 9.19. The van der Waals surface area contributed by atoms with Crippen molar-refractivity contribution in [2.24, 2.45) is 10.6 Å². The topological polar surface area (TPSA) is 58.9 Å². The van der Waals surface area contributed by atoms with Crippen LogP contribution in [0.15, 0.2) is 5.16 Å². The SMILES string of the molecule is C=NO[C@@H]1CC[C@@](C)(C(=O)O)C1. The van der Waals surface area contributed by atoms with Crippen LogP contribution in [-0.2, 0) is 9.63 Å². The number of hydrogen-bond acceptors (Lipinski definition) is 3. The molecule has 0 unspecified atom stereocenters. The number of oxime groups is 1. The number of nitrogens with zero attached hydrogens (tertiary/aromatic N) is 1. The van der Waals surface area contributed by atoms with Crippen LogP contribution in [0.3, 0.4) is 0 Å². The molecule has 4 heteroatoms. The first kappa shape index (κ1) is 9.03. The maximum Gasteiger partial charge on any atom is 0.309 e. The largest absolute Gasteiger partial charge is 0.481 e. The predicted molar refractivity (Wildman–Crippen MR) is 44.0 cm³/mol. The van der Waals surface area contributed by atoms with E-state index in [4.69, 9.17) is 9.94 Å². The molecular formula is C8H13NO3. The molecule has 0 bridgehead atoms. The monoisotopic (exact) mass is 171 g/mol. The molecule has 1 aliphatic carbocycles. The molecule has 1 saturated carbocycles. The second-order valence-electron chi connectivity index (χ2n) is 3.47. The van der Waals surface area contributed by atoms with Gasteiger partial charge in [0.2, 0.25) is 0 Å². The van der Waals surface area contributed by atoms with Crippen molar-refractivity contribution < 1.29 is 14.7 Å². The van der Waals surface area contributed by atoms with E-state index in [1.54, 1.807) is 6.92 Å². The van der Waals surface area contributed by atoms with Gasteiger partial charge in [0.25, 0.3) is 0 Å². The highest BCUT2D eigenvalue weighted by Crippen LogP contribution is 2.39.